The zero-order chi connectivity index (χ0) is 21.9. The van der Waals surface area contributed by atoms with Crippen molar-refractivity contribution < 1.29 is 13.2 Å². The van der Waals surface area contributed by atoms with Crippen molar-refractivity contribution in [2.75, 3.05) is 13.1 Å². The fourth-order valence-corrected chi connectivity index (χ4v) is 5.48. The monoisotopic (exact) mass is 448 g/mol. The SMILES string of the molecule is Cc1ccc(C(C)NC(=O)C2CCCN(S(=O)(=O)Cc3ccc(Cl)cc3)C2)cc1C. The first-order valence-electron chi connectivity index (χ1n) is 10.3. The summed E-state index contributed by atoms with van der Waals surface area (Å²) in [5.74, 6) is -0.516. The molecule has 1 aliphatic heterocycles. The Balaban J connectivity index is 1.63. The van der Waals surface area contributed by atoms with E-state index in [-0.39, 0.29) is 30.2 Å². The molecule has 0 aliphatic carbocycles. The lowest BCUT2D eigenvalue weighted by atomic mass is 9.97. The van der Waals surface area contributed by atoms with Crippen LogP contribution in [0.5, 0.6) is 0 Å². The van der Waals surface area contributed by atoms with E-state index < -0.39 is 10.0 Å². The summed E-state index contributed by atoms with van der Waals surface area (Å²) in [4.78, 5) is 12.9. The van der Waals surface area contributed by atoms with Gasteiger partial charge in [0.1, 0.15) is 0 Å². The molecule has 1 N–H and O–H groups in total. The number of carbonyl (C=O) groups excluding carboxylic acids is 1. The molecule has 7 heteroatoms. The van der Waals surface area contributed by atoms with Gasteiger partial charge in [-0.1, -0.05) is 41.9 Å². The predicted octanol–water partition coefficient (Wildman–Crippen LogP) is 4.38. The molecule has 0 bridgehead atoms. The summed E-state index contributed by atoms with van der Waals surface area (Å²) < 4.78 is 27.2. The number of hydrogen-bond acceptors (Lipinski definition) is 3. The number of halogens is 1. The maximum absolute atomic E-state index is 12.9. The second kappa shape index (κ2) is 9.50. The Labute approximate surface area is 184 Å². The van der Waals surface area contributed by atoms with Crippen LogP contribution >= 0.6 is 11.6 Å². The van der Waals surface area contributed by atoms with Crippen molar-refractivity contribution in [3.05, 3.63) is 69.7 Å². The number of carbonyl (C=O) groups is 1. The minimum Gasteiger partial charge on any atom is -0.349 e. The van der Waals surface area contributed by atoms with Crippen LogP contribution in [0, 0.1) is 19.8 Å². The Kier molecular flexibility index (Phi) is 7.22. The van der Waals surface area contributed by atoms with E-state index in [0.29, 0.717) is 30.0 Å². The second-order valence-electron chi connectivity index (χ2n) is 8.15. The topological polar surface area (TPSA) is 66.5 Å². The van der Waals surface area contributed by atoms with Crippen molar-refractivity contribution >= 4 is 27.5 Å². The molecule has 1 aliphatic rings. The minimum atomic E-state index is -3.50. The first-order valence-corrected chi connectivity index (χ1v) is 12.2. The van der Waals surface area contributed by atoms with Crippen molar-refractivity contribution in [1.82, 2.24) is 9.62 Å². The highest BCUT2D eigenvalue weighted by Crippen LogP contribution is 2.24. The van der Waals surface area contributed by atoms with Gasteiger partial charge in [0.25, 0.3) is 0 Å². The van der Waals surface area contributed by atoms with Crippen LogP contribution in [0.15, 0.2) is 42.5 Å². The lowest BCUT2D eigenvalue weighted by Gasteiger charge is -2.32. The summed E-state index contributed by atoms with van der Waals surface area (Å²) in [5, 5.41) is 3.64. The summed E-state index contributed by atoms with van der Waals surface area (Å²) in [5.41, 5.74) is 4.14. The number of nitrogens with zero attached hydrogens (tertiary/aromatic N) is 1. The van der Waals surface area contributed by atoms with Crippen LogP contribution in [-0.2, 0) is 20.6 Å². The molecule has 2 atom stereocenters. The van der Waals surface area contributed by atoms with Gasteiger partial charge in [0.2, 0.25) is 15.9 Å². The molecule has 1 amide bonds. The largest absolute Gasteiger partial charge is 0.349 e. The van der Waals surface area contributed by atoms with Crippen molar-refractivity contribution in [3.63, 3.8) is 0 Å². The average molecular weight is 449 g/mol. The number of aryl methyl sites for hydroxylation is 2. The molecule has 5 nitrogen and oxygen atoms in total. The summed E-state index contributed by atoms with van der Waals surface area (Å²) in [6, 6.07) is 12.9. The summed E-state index contributed by atoms with van der Waals surface area (Å²) in [7, 11) is -3.50. The minimum absolute atomic E-state index is 0.0858. The van der Waals surface area contributed by atoms with Crippen LogP contribution in [0.4, 0.5) is 0 Å². The number of nitrogens with one attached hydrogen (secondary N) is 1. The Bertz CT molecular complexity index is 1010. The molecule has 2 aromatic carbocycles. The number of sulfonamides is 1. The van der Waals surface area contributed by atoms with Crippen molar-refractivity contribution in [3.8, 4) is 0 Å². The fraction of sp³-hybridized carbons (Fsp3) is 0.435. The van der Waals surface area contributed by atoms with E-state index in [1.165, 1.54) is 15.4 Å². The van der Waals surface area contributed by atoms with E-state index in [0.717, 1.165) is 5.56 Å². The average Bonchev–Trinajstić information content (AvgIpc) is 2.71. The first-order chi connectivity index (χ1) is 14.2. The van der Waals surface area contributed by atoms with Gasteiger partial charge in [-0.05, 0) is 68.0 Å². The molecule has 1 saturated heterocycles. The molecule has 2 unspecified atom stereocenters. The molecular formula is C23H29ClN2O3S. The summed E-state index contributed by atoms with van der Waals surface area (Å²) in [6.07, 6.45) is 1.37. The maximum atomic E-state index is 12.9. The lowest BCUT2D eigenvalue weighted by Crippen LogP contribution is -2.46. The maximum Gasteiger partial charge on any atom is 0.224 e. The quantitative estimate of drug-likeness (QED) is 0.713. The predicted molar refractivity (Wildman–Crippen MR) is 121 cm³/mol. The summed E-state index contributed by atoms with van der Waals surface area (Å²) >= 11 is 5.88. The van der Waals surface area contributed by atoms with E-state index in [1.807, 2.05) is 13.0 Å². The summed E-state index contributed by atoms with van der Waals surface area (Å²) in [6.45, 7) is 6.75. The van der Waals surface area contributed by atoms with E-state index in [1.54, 1.807) is 24.3 Å². The van der Waals surface area contributed by atoms with Gasteiger partial charge in [-0.15, -0.1) is 0 Å². The molecule has 1 fully saturated rings. The van der Waals surface area contributed by atoms with E-state index >= 15 is 0 Å². The zero-order valence-electron chi connectivity index (χ0n) is 17.7. The van der Waals surface area contributed by atoms with Gasteiger partial charge >= 0.3 is 0 Å². The van der Waals surface area contributed by atoms with Gasteiger partial charge in [-0.3, -0.25) is 4.79 Å². The third-order valence-corrected chi connectivity index (χ3v) is 7.87. The normalized spacial score (nSPS) is 18.7. The molecule has 3 rings (SSSR count). The highest BCUT2D eigenvalue weighted by molar-refractivity contribution is 7.88. The zero-order valence-corrected chi connectivity index (χ0v) is 19.3. The van der Waals surface area contributed by atoms with Crippen molar-refractivity contribution in [2.24, 2.45) is 5.92 Å². The third-order valence-electron chi connectivity index (χ3n) is 5.80. The number of hydrogen-bond donors (Lipinski definition) is 1. The van der Waals surface area contributed by atoms with Gasteiger partial charge in [0, 0.05) is 18.1 Å². The van der Waals surface area contributed by atoms with Crippen LogP contribution in [0.2, 0.25) is 5.02 Å². The van der Waals surface area contributed by atoms with Crippen LogP contribution in [0.3, 0.4) is 0 Å². The smallest absolute Gasteiger partial charge is 0.224 e. The van der Waals surface area contributed by atoms with Crippen molar-refractivity contribution in [1.29, 1.82) is 0 Å². The van der Waals surface area contributed by atoms with Gasteiger partial charge in [-0.2, -0.15) is 0 Å². The number of amides is 1. The molecule has 30 heavy (non-hydrogen) atoms. The molecule has 0 saturated carbocycles. The molecule has 1 heterocycles. The third kappa shape index (κ3) is 5.62. The highest BCUT2D eigenvalue weighted by atomic mass is 35.5. The molecule has 0 radical (unpaired) electrons. The van der Waals surface area contributed by atoms with Crippen LogP contribution < -0.4 is 5.32 Å². The molecule has 2 aromatic rings. The van der Waals surface area contributed by atoms with Gasteiger partial charge in [-0.25, -0.2) is 12.7 Å². The number of benzene rings is 2. The van der Waals surface area contributed by atoms with Gasteiger partial charge in [0.15, 0.2) is 0 Å². The number of rotatable bonds is 6. The fourth-order valence-electron chi connectivity index (χ4n) is 3.74. The molecule has 162 valence electrons. The Morgan fingerprint density at radius 2 is 1.87 bits per heavy atom. The van der Waals surface area contributed by atoms with Gasteiger partial charge < -0.3 is 5.32 Å². The first kappa shape index (κ1) is 22.8. The van der Waals surface area contributed by atoms with Crippen LogP contribution in [0.25, 0.3) is 0 Å². The van der Waals surface area contributed by atoms with Crippen LogP contribution in [-0.4, -0.2) is 31.7 Å². The Morgan fingerprint density at radius 3 is 2.53 bits per heavy atom. The Morgan fingerprint density at radius 1 is 1.17 bits per heavy atom. The van der Waals surface area contributed by atoms with Gasteiger partial charge in [0.05, 0.1) is 17.7 Å². The molecular weight excluding hydrogens is 420 g/mol. The molecule has 0 aromatic heterocycles. The second-order valence-corrected chi connectivity index (χ2v) is 10.6. The van der Waals surface area contributed by atoms with E-state index in [9.17, 15) is 13.2 Å². The standard InChI is InChI=1S/C23H29ClN2O3S/c1-16-6-9-20(13-17(16)2)18(3)25-23(27)21-5-4-12-26(14-21)30(28,29)15-19-7-10-22(24)11-8-19/h6-11,13,18,21H,4-5,12,14-15H2,1-3H3,(H,25,27). The molecule has 0 spiro atoms. The van der Waals surface area contributed by atoms with Crippen molar-refractivity contribution in [2.45, 2.75) is 45.4 Å². The Hall–Kier alpha value is -1.89. The van der Waals surface area contributed by atoms with E-state index in [2.05, 4.69) is 31.3 Å². The lowest BCUT2D eigenvalue weighted by molar-refractivity contribution is -0.126. The highest BCUT2D eigenvalue weighted by Gasteiger charge is 2.32. The van der Waals surface area contributed by atoms with Crippen LogP contribution in [0.1, 0.15) is 48.1 Å². The number of piperidine rings is 1. The van der Waals surface area contributed by atoms with E-state index in [4.69, 9.17) is 11.6 Å².